The molecule has 0 saturated carbocycles. The van der Waals surface area contributed by atoms with E-state index < -0.39 is 27.0 Å². The molecule has 0 aliphatic carbocycles. The molecule has 10 heteroatoms. The predicted octanol–water partition coefficient (Wildman–Crippen LogP) is 3.69. The number of aromatic nitrogens is 2. The number of amides is 1. The summed E-state index contributed by atoms with van der Waals surface area (Å²) in [6.07, 6.45) is 0. The second-order valence-electron chi connectivity index (χ2n) is 8.69. The maximum absolute atomic E-state index is 13.2. The normalized spacial score (nSPS) is 11.2. The zero-order chi connectivity index (χ0) is 27.6. The van der Waals surface area contributed by atoms with Crippen molar-refractivity contribution in [2.75, 3.05) is 5.32 Å². The van der Waals surface area contributed by atoms with Crippen LogP contribution in [0.2, 0.25) is 0 Å². The predicted molar refractivity (Wildman–Crippen MR) is 145 cm³/mol. The Labute approximate surface area is 222 Å². The van der Waals surface area contributed by atoms with E-state index in [0.717, 1.165) is 4.57 Å². The van der Waals surface area contributed by atoms with E-state index in [0.29, 0.717) is 27.9 Å². The van der Waals surface area contributed by atoms with Crippen LogP contribution >= 0.6 is 0 Å². The third-order valence-electron chi connectivity index (χ3n) is 6.14. The average Bonchev–Trinajstić information content (AvgIpc) is 2.96. The number of nitrogens with zero attached hydrogens (tertiary/aromatic N) is 2. The van der Waals surface area contributed by atoms with E-state index in [1.165, 1.54) is 60.7 Å². The standard InChI is InChI=1S/C29H20N4O5S/c30-17-19-6-10-21(11-7-19)27(34)31-22-12-15-26-25(16-22)28(35)33(29(36)32-26)18-20-8-13-24(14-9-20)39(37,38)23-4-2-1-3-5-23/h1-16H,18H2,(H,31,34)(H,32,36). The van der Waals surface area contributed by atoms with Crippen LogP contribution in [-0.2, 0) is 16.4 Å². The molecule has 5 aromatic rings. The van der Waals surface area contributed by atoms with Gasteiger partial charge in [0.2, 0.25) is 9.84 Å². The van der Waals surface area contributed by atoms with Crippen LogP contribution in [0.1, 0.15) is 21.5 Å². The smallest absolute Gasteiger partial charge is 0.322 e. The molecule has 0 saturated heterocycles. The summed E-state index contributed by atoms with van der Waals surface area (Å²) < 4.78 is 26.7. The lowest BCUT2D eigenvalue weighted by atomic mass is 10.1. The summed E-state index contributed by atoms with van der Waals surface area (Å²) in [7, 11) is -3.70. The highest BCUT2D eigenvalue weighted by molar-refractivity contribution is 7.91. The van der Waals surface area contributed by atoms with Gasteiger partial charge in [-0.3, -0.25) is 14.2 Å². The first-order chi connectivity index (χ1) is 18.8. The summed E-state index contributed by atoms with van der Waals surface area (Å²) in [5.41, 5.74) is 0.788. The molecule has 39 heavy (non-hydrogen) atoms. The van der Waals surface area contributed by atoms with Crippen LogP contribution in [0.15, 0.2) is 116 Å². The lowest BCUT2D eigenvalue weighted by molar-refractivity contribution is 0.102. The van der Waals surface area contributed by atoms with Gasteiger partial charge in [-0.15, -0.1) is 0 Å². The number of fused-ring (bicyclic) bond motifs is 1. The third-order valence-corrected chi connectivity index (χ3v) is 7.93. The molecule has 1 heterocycles. The fourth-order valence-electron chi connectivity index (χ4n) is 4.06. The third kappa shape index (κ3) is 5.12. The van der Waals surface area contributed by atoms with Gasteiger partial charge in [-0.25, -0.2) is 13.2 Å². The van der Waals surface area contributed by atoms with Gasteiger partial charge in [-0.2, -0.15) is 5.26 Å². The van der Waals surface area contributed by atoms with Crippen LogP contribution in [0.4, 0.5) is 5.69 Å². The molecule has 0 aliphatic rings. The van der Waals surface area contributed by atoms with Gasteiger partial charge in [0.25, 0.3) is 11.5 Å². The lowest BCUT2D eigenvalue weighted by Crippen LogP contribution is -2.35. The average molecular weight is 537 g/mol. The molecule has 0 bridgehead atoms. The molecule has 0 fully saturated rings. The minimum atomic E-state index is -3.70. The van der Waals surface area contributed by atoms with Crippen molar-refractivity contribution < 1.29 is 13.2 Å². The minimum Gasteiger partial charge on any atom is -0.322 e. The van der Waals surface area contributed by atoms with Gasteiger partial charge in [0.1, 0.15) is 0 Å². The lowest BCUT2D eigenvalue weighted by Gasteiger charge is -2.10. The van der Waals surface area contributed by atoms with Crippen molar-refractivity contribution in [2.24, 2.45) is 0 Å². The van der Waals surface area contributed by atoms with Crippen LogP contribution in [0.5, 0.6) is 0 Å². The number of nitriles is 1. The Morgan fingerprint density at radius 1 is 0.872 bits per heavy atom. The van der Waals surface area contributed by atoms with Crippen LogP contribution < -0.4 is 16.6 Å². The van der Waals surface area contributed by atoms with Crippen molar-refractivity contribution >= 4 is 32.3 Å². The summed E-state index contributed by atoms with van der Waals surface area (Å²) >= 11 is 0. The maximum atomic E-state index is 13.2. The molecule has 4 aromatic carbocycles. The summed E-state index contributed by atoms with van der Waals surface area (Å²) in [6, 6.07) is 26.7. The molecule has 192 valence electrons. The topological polar surface area (TPSA) is 142 Å². The molecule has 1 aromatic heterocycles. The first-order valence-corrected chi connectivity index (χ1v) is 13.2. The number of anilines is 1. The number of hydrogen-bond acceptors (Lipinski definition) is 6. The summed E-state index contributed by atoms with van der Waals surface area (Å²) in [5.74, 6) is -0.422. The molecular weight excluding hydrogens is 516 g/mol. The van der Waals surface area contributed by atoms with Gasteiger partial charge >= 0.3 is 5.69 Å². The molecule has 9 nitrogen and oxygen atoms in total. The fourth-order valence-corrected chi connectivity index (χ4v) is 5.35. The summed E-state index contributed by atoms with van der Waals surface area (Å²) in [4.78, 5) is 41.5. The number of sulfone groups is 1. The molecular formula is C29H20N4O5S. The molecule has 0 aliphatic heterocycles. The van der Waals surface area contributed by atoms with Crippen molar-refractivity contribution in [1.29, 1.82) is 5.26 Å². The van der Waals surface area contributed by atoms with Crippen molar-refractivity contribution in [1.82, 2.24) is 9.55 Å². The Hall–Kier alpha value is -5.27. The van der Waals surface area contributed by atoms with E-state index in [1.807, 2.05) is 6.07 Å². The molecule has 0 unspecified atom stereocenters. The van der Waals surface area contributed by atoms with Gasteiger partial charge in [-0.05, 0) is 72.3 Å². The number of carbonyl (C=O) groups is 1. The van der Waals surface area contributed by atoms with E-state index in [1.54, 1.807) is 36.4 Å². The molecule has 5 rings (SSSR count). The van der Waals surface area contributed by atoms with Crippen LogP contribution in [0, 0.1) is 11.3 Å². The zero-order valence-electron chi connectivity index (χ0n) is 20.3. The van der Waals surface area contributed by atoms with Gasteiger partial charge in [0.05, 0.1) is 38.9 Å². The number of hydrogen-bond donors (Lipinski definition) is 2. The van der Waals surface area contributed by atoms with Crippen molar-refractivity contribution in [2.45, 2.75) is 16.3 Å². The van der Waals surface area contributed by atoms with E-state index in [2.05, 4.69) is 10.3 Å². The van der Waals surface area contributed by atoms with E-state index >= 15 is 0 Å². The number of carbonyl (C=O) groups excluding carboxylic acids is 1. The van der Waals surface area contributed by atoms with Crippen LogP contribution in [0.25, 0.3) is 10.9 Å². The number of aromatic amines is 1. The first kappa shape index (κ1) is 25.4. The van der Waals surface area contributed by atoms with Crippen molar-refractivity contribution in [3.8, 4) is 6.07 Å². The zero-order valence-corrected chi connectivity index (χ0v) is 21.1. The Morgan fingerprint density at radius 3 is 2.21 bits per heavy atom. The highest BCUT2D eigenvalue weighted by Gasteiger charge is 2.17. The maximum Gasteiger partial charge on any atom is 0.329 e. The van der Waals surface area contributed by atoms with Gasteiger partial charge in [0.15, 0.2) is 0 Å². The Morgan fingerprint density at radius 2 is 1.54 bits per heavy atom. The molecule has 0 spiro atoms. The number of rotatable bonds is 6. The van der Waals surface area contributed by atoms with Crippen LogP contribution in [-0.4, -0.2) is 23.9 Å². The number of nitrogens with one attached hydrogen (secondary N) is 2. The monoisotopic (exact) mass is 536 g/mol. The second-order valence-corrected chi connectivity index (χ2v) is 10.6. The van der Waals surface area contributed by atoms with Crippen LogP contribution in [0.3, 0.4) is 0 Å². The quantitative estimate of drug-likeness (QED) is 0.339. The van der Waals surface area contributed by atoms with E-state index in [-0.39, 0.29) is 21.7 Å². The number of H-pyrrole nitrogens is 1. The van der Waals surface area contributed by atoms with E-state index in [9.17, 15) is 22.8 Å². The molecule has 1 amide bonds. The highest BCUT2D eigenvalue weighted by Crippen LogP contribution is 2.21. The van der Waals surface area contributed by atoms with Crippen molar-refractivity contribution in [3.63, 3.8) is 0 Å². The van der Waals surface area contributed by atoms with E-state index in [4.69, 9.17) is 5.26 Å². The minimum absolute atomic E-state index is 0.0857. The molecule has 0 atom stereocenters. The van der Waals surface area contributed by atoms with Crippen molar-refractivity contribution in [3.05, 3.63) is 135 Å². The molecule has 0 radical (unpaired) electrons. The van der Waals surface area contributed by atoms with Gasteiger partial charge in [-0.1, -0.05) is 30.3 Å². The second kappa shape index (κ2) is 10.2. The first-order valence-electron chi connectivity index (χ1n) is 11.7. The SMILES string of the molecule is N#Cc1ccc(C(=O)Nc2ccc3[nH]c(=O)n(Cc4ccc(S(=O)(=O)c5ccccc5)cc4)c(=O)c3c2)cc1. The van der Waals surface area contributed by atoms with Gasteiger partial charge in [0, 0.05) is 11.3 Å². The largest absolute Gasteiger partial charge is 0.329 e. The fraction of sp³-hybridized carbons (Fsp3) is 0.0345. The Bertz CT molecular complexity index is 1970. The summed E-state index contributed by atoms with van der Waals surface area (Å²) in [5, 5.41) is 11.8. The highest BCUT2D eigenvalue weighted by atomic mass is 32.2. The number of benzene rings is 4. The summed E-state index contributed by atoms with van der Waals surface area (Å²) in [6.45, 7) is -0.0857. The Balaban J connectivity index is 1.41. The molecule has 2 N–H and O–H groups in total. The Kier molecular flexibility index (Phi) is 6.66. The van der Waals surface area contributed by atoms with Gasteiger partial charge < -0.3 is 10.3 Å².